The maximum atomic E-state index is 12.3. The highest BCUT2D eigenvalue weighted by atomic mass is 16.5. The highest BCUT2D eigenvalue weighted by Gasteiger charge is 2.25. The number of aliphatic hydroxyl groups excluding tert-OH is 1. The average Bonchev–Trinajstić information content (AvgIpc) is 2.47. The van der Waals surface area contributed by atoms with Gasteiger partial charge in [0.15, 0.2) is 6.10 Å². The second-order valence-electron chi connectivity index (χ2n) is 5.85. The Kier molecular flexibility index (Phi) is 5.62. The quantitative estimate of drug-likeness (QED) is 0.876. The van der Waals surface area contributed by atoms with Crippen LogP contribution in [0.3, 0.4) is 0 Å². The predicted molar refractivity (Wildman–Crippen MR) is 82.3 cm³/mol. The summed E-state index contributed by atoms with van der Waals surface area (Å²) >= 11 is 0. The van der Waals surface area contributed by atoms with Gasteiger partial charge in [-0.2, -0.15) is 0 Å². The fourth-order valence-corrected chi connectivity index (χ4v) is 2.69. The third-order valence-electron chi connectivity index (χ3n) is 3.97. The number of benzene rings is 1. The molecule has 2 N–H and O–H groups in total. The number of aryl methyl sites for hydroxylation is 1. The minimum absolute atomic E-state index is 0.0552. The Labute approximate surface area is 126 Å². The topological polar surface area (TPSA) is 58.6 Å². The van der Waals surface area contributed by atoms with Crippen LogP contribution in [0, 0.1) is 6.92 Å². The van der Waals surface area contributed by atoms with Crippen LogP contribution in [0.15, 0.2) is 24.3 Å². The third-order valence-corrected chi connectivity index (χ3v) is 3.97. The smallest absolute Gasteiger partial charge is 0.261 e. The molecule has 1 saturated carbocycles. The SMILES string of the molecule is CCC(Oc1cccc(C)c1)C(=O)NC1CCC(O)CC1. The van der Waals surface area contributed by atoms with Crippen molar-refractivity contribution in [3.05, 3.63) is 29.8 Å². The van der Waals surface area contributed by atoms with Gasteiger partial charge in [-0.15, -0.1) is 0 Å². The Morgan fingerprint density at radius 2 is 2.10 bits per heavy atom. The van der Waals surface area contributed by atoms with Gasteiger partial charge in [0.25, 0.3) is 5.91 Å². The molecule has 0 spiro atoms. The van der Waals surface area contributed by atoms with Crippen LogP contribution in [0.1, 0.15) is 44.6 Å². The van der Waals surface area contributed by atoms with Crippen LogP contribution in [0.25, 0.3) is 0 Å². The number of ether oxygens (including phenoxy) is 1. The molecule has 1 atom stereocenters. The van der Waals surface area contributed by atoms with Crippen molar-refractivity contribution >= 4 is 5.91 Å². The van der Waals surface area contributed by atoms with E-state index in [1.165, 1.54) is 0 Å². The van der Waals surface area contributed by atoms with E-state index in [1.807, 2.05) is 38.1 Å². The van der Waals surface area contributed by atoms with Gasteiger partial charge in [0.1, 0.15) is 5.75 Å². The summed E-state index contributed by atoms with van der Waals surface area (Å²) < 4.78 is 5.81. The highest BCUT2D eigenvalue weighted by Crippen LogP contribution is 2.19. The largest absolute Gasteiger partial charge is 0.481 e. The number of carbonyl (C=O) groups excluding carboxylic acids is 1. The maximum Gasteiger partial charge on any atom is 0.261 e. The lowest BCUT2D eigenvalue weighted by molar-refractivity contribution is -0.129. The Balaban J connectivity index is 1.89. The molecule has 1 aromatic rings. The van der Waals surface area contributed by atoms with E-state index in [9.17, 15) is 9.90 Å². The van der Waals surface area contributed by atoms with Crippen molar-refractivity contribution in [2.45, 2.75) is 64.2 Å². The zero-order chi connectivity index (χ0) is 15.2. The molecular weight excluding hydrogens is 266 g/mol. The number of carbonyl (C=O) groups is 1. The molecule has 0 aromatic heterocycles. The summed E-state index contributed by atoms with van der Waals surface area (Å²) in [5.74, 6) is 0.677. The molecule has 0 saturated heterocycles. The fraction of sp³-hybridized carbons (Fsp3) is 0.588. The molecule has 0 radical (unpaired) electrons. The van der Waals surface area contributed by atoms with Gasteiger partial charge >= 0.3 is 0 Å². The van der Waals surface area contributed by atoms with E-state index in [0.29, 0.717) is 6.42 Å². The molecule has 4 heteroatoms. The molecule has 1 amide bonds. The second kappa shape index (κ2) is 7.46. The summed E-state index contributed by atoms with van der Waals surface area (Å²) in [6.45, 7) is 3.95. The van der Waals surface area contributed by atoms with E-state index in [4.69, 9.17) is 4.74 Å². The van der Waals surface area contributed by atoms with Crippen LogP contribution >= 0.6 is 0 Å². The molecule has 1 unspecified atom stereocenters. The standard InChI is InChI=1S/C17H25NO3/c1-3-16(21-15-6-4-5-12(2)11-15)17(20)18-13-7-9-14(19)10-8-13/h4-6,11,13-14,16,19H,3,7-10H2,1-2H3,(H,18,20). The summed E-state index contributed by atoms with van der Waals surface area (Å²) in [5, 5.41) is 12.6. The number of rotatable bonds is 5. The number of aliphatic hydroxyl groups is 1. The summed E-state index contributed by atoms with van der Waals surface area (Å²) in [6, 6.07) is 7.90. The van der Waals surface area contributed by atoms with Crippen molar-refractivity contribution in [2.24, 2.45) is 0 Å². The van der Waals surface area contributed by atoms with Crippen molar-refractivity contribution in [1.29, 1.82) is 0 Å². The van der Waals surface area contributed by atoms with Gasteiger partial charge in [0.2, 0.25) is 0 Å². The lowest BCUT2D eigenvalue weighted by Crippen LogP contribution is -2.45. The normalized spacial score (nSPS) is 23.4. The van der Waals surface area contributed by atoms with Gasteiger partial charge in [-0.1, -0.05) is 19.1 Å². The fourth-order valence-electron chi connectivity index (χ4n) is 2.69. The second-order valence-corrected chi connectivity index (χ2v) is 5.85. The van der Waals surface area contributed by atoms with E-state index < -0.39 is 6.10 Å². The first-order valence-corrected chi connectivity index (χ1v) is 7.80. The Morgan fingerprint density at radius 3 is 2.71 bits per heavy atom. The molecule has 0 bridgehead atoms. The Hall–Kier alpha value is -1.55. The van der Waals surface area contributed by atoms with Crippen molar-refractivity contribution in [2.75, 3.05) is 0 Å². The van der Waals surface area contributed by atoms with Gasteiger partial charge in [-0.05, 0) is 56.7 Å². The van der Waals surface area contributed by atoms with Gasteiger partial charge in [0.05, 0.1) is 6.10 Å². The van der Waals surface area contributed by atoms with Crippen LogP contribution in [0.2, 0.25) is 0 Å². The van der Waals surface area contributed by atoms with Crippen LogP contribution in [-0.4, -0.2) is 29.3 Å². The molecule has 21 heavy (non-hydrogen) atoms. The zero-order valence-corrected chi connectivity index (χ0v) is 12.8. The van der Waals surface area contributed by atoms with Gasteiger partial charge < -0.3 is 15.2 Å². The average molecular weight is 291 g/mol. The molecule has 116 valence electrons. The van der Waals surface area contributed by atoms with Gasteiger partial charge in [-0.25, -0.2) is 0 Å². The molecule has 4 nitrogen and oxygen atoms in total. The maximum absolute atomic E-state index is 12.3. The van der Waals surface area contributed by atoms with E-state index in [-0.39, 0.29) is 18.1 Å². The minimum atomic E-state index is -0.460. The van der Waals surface area contributed by atoms with Crippen molar-refractivity contribution in [1.82, 2.24) is 5.32 Å². The van der Waals surface area contributed by atoms with Gasteiger partial charge in [0, 0.05) is 6.04 Å². The lowest BCUT2D eigenvalue weighted by Gasteiger charge is -2.28. The first-order valence-electron chi connectivity index (χ1n) is 7.80. The predicted octanol–water partition coefficient (Wildman–Crippen LogP) is 2.57. The molecule has 1 fully saturated rings. The van der Waals surface area contributed by atoms with Crippen LogP contribution in [-0.2, 0) is 4.79 Å². The van der Waals surface area contributed by atoms with Crippen LogP contribution in [0.5, 0.6) is 5.75 Å². The highest BCUT2D eigenvalue weighted by molar-refractivity contribution is 5.81. The molecule has 1 aliphatic rings. The van der Waals surface area contributed by atoms with E-state index in [0.717, 1.165) is 37.0 Å². The van der Waals surface area contributed by atoms with E-state index >= 15 is 0 Å². The number of hydrogen-bond acceptors (Lipinski definition) is 3. The van der Waals surface area contributed by atoms with E-state index in [1.54, 1.807) is 0 Å². The lowest BCUT2D eigenvalue weighted by atomic mass is 9.93. The summed E-state index contributed by atoms with van der Waals surface area (Å²) in [5.41, 5.74) is 1.11. The molecule has 0 aliphatic heterocycles. The molecule has 1 aliphatic carbocycles. The number of amides is 1. The monoisotopic (exact) mass is 291 g/mol. The first-order chi connectivity index (χ1) is 10.1. The van der Waals surface area contributed by atoms with E-state index in [2.05, 4.69) is 5.32 Å². The summed E-state index contributed by atoms with van der Waals surface area (Å²) in [7, 11) is 0. The summed E-state index contributed by atoms with van der Waals surface area (Å²) in [4.78, 5) is 12.3. The zero-order valence-electron chi connectivity index (χ0n) is 12.8. The van der Waals surface area contributed by atoms with Crippen molar-refractivity contribution < 1.29 is 14.6 Å². The number of hydrogen-bond donors (Lipinski definition) is 2. The molecule has 1 aromatic carbocycles. The molecular formula is C17H25NO3. The van der Waals surface area contributed by atoms with Gasteiger partial charge in [-0.3, -0.25) is 4.79 Å². The third kappa shape index (κ3) is 4.74. The number of nitrogens with one attached hydrogen (secondary N) is 1. The Bertz CT molecular complexity index is 467. The van der Waals surface area contributed by atoms with Crippen LogP contribution < -0.4 is 10.1 Å². The van der Waals surface area contributed by atoms with Crippen molar-refractivity contribution in [3.8, 4) is 5.75 Å². The van der Waals surface area contributed by atoms with Crippen LogP contribution in [0.4, 0.5) is 0 Å². The summed E-state index contributed by atoms with van der Waals surface area (Å²) in [6.07, 6.45) is 3.18. The Morgan fingerprint density at radius 1 is 1.38 bits per heavy atom. The molecule has 0 heterocycles. The van der Waals surface area contributed by atoms with Crippen molar-refractivity contribution in [3.63, 3.8) is 0 Å². The minimum Gasteiger partial charge on any atom is -0.481 e. The molecule has 2 rings (SSSR count). The first kappa shape index (κ1) is 15.8.